The average molecular weight is 225 g/mol. The van der Waals surface area contributed by atoms with Crippen molar-refractivity contribution in [3.05, 3.63) is 0 Å². The highest BCUT2D eigenvalue weighted by Gasteiger charge is 2.48. The summed E-state index contributed by atoms with van der Waals surface area (Å²) in [6, 6.07) is 0. The lowest BCUT2D eigenvalue weighted by molar-refractivity contribution is -0.126. The maximum atomic E-state index is 11.8. The molecule has 1 amide bonds. The number of carbonyl (C=O) groups is 1. The van der Waals surface area contributed by atoms with Crippen molar-refractivity contribution in [1.82, 2.24) is 10.2 Å². The minimum atomic E-state index is -0.188. The first-order valence-electron chi connectivity index (χ1n) is 6.33. The van der Waals surface area contributed by atoms with E-state index in [9.17, 15) is 4.79 Å². The van der Waals surface area contributed by atoms with Crippen LogP contribution in [0.5, 0.6) is 0 Å². The molecule has 2 aliphatic rings. The molecule has 1 saturated heterocycles. The fourth-order valence-corrected chi connectivity index (χ4v) is 2.51. The first-order valence-corrected chi connectivity index (χ1v) is 6.33. The average Bonchev–Trinajstić information content (AvgIpc) is 2.98. The Morgan fingerprint density at radius 2 is 2.31 bits per heavy atom. The molecule has 1 atom stereocenters. The largest absolute Gasteiger partial charge is 0.356 e. The van der Waals surface area contributed by atoms with Crippen LogP contribution >= 0.6 is 0 Å². The number of hydrogen-bond acceptors (Lipinski definition) is 3. The second-order valence-electron chi connectivity index (χ2n) is 5.45. The summed E-state index contributed by atoms with van der Waals surface area (Å²) in [6.45, 7) is 3.70. The monoisotopic (exact) mass is 225 g/mol. The molecule has 0 bridgehead atoms. The van der Waals surface area contributed by atoms with Crippen LogP contribution in [-0.2, 0) is 4.79 Å². The van der Waals surface area contributed by atoms with Crippen molar-refractivity contribution in [3.63, 3.8) is 0 Å². The van der Waals surface area contributed by atoms with Crippen molar-refractivity contribution in [3.8, 4) is 0 Å². The highest BCUT2D eigenvalue weighted by atomic mass is 16.2. The normalized spacial score (nSPS) is 28.0. The molecule has 3 N–H and O–H groups in total. The molecule has 4 nitrogen and oxygen atoms in total. The highest BCUT2D eigenvalue weighted by Crippen LogP contribution is 2.44. The smallest absolute Gasteiger partial charge is 0.227 e. The first-order chi connectivity index (χ1) is 7.66. The first kappa shape index (κ1) is 11.9. The Morgan fingerprint density at radius 3 is 2.81 bits per heavy atom. The predicted octanol–water partition coefficient (Wildman–Crippen LogP) is 0.183. The zero-order valence-electron chi connectivity index (χ0n) is 10.2. The molecule has 0 radical (unpaired) electrons. The van der Waals surface area contributed by atoms with Crippen molar-refractivity contribution in [1.29, 1.82) is 0 Å². The van der Waals surface area contributed by atoms with E-state index in [2.05, 4.69) is 17.3 Å². The van der Waals surface area contributed by atoms with Crippen molar-refractivity contribution < 1.29 is 4.79 Å². The van der Waals surface area contributed by atoms with E-state index >= 15 is 0 Å². The lowest BCUT2D eigenvalue weighted by atomic mass is 10.0. The van der Waals surface area contributed by atoms with Crippen LogP contribution in [0, 0.1) is 11.3 Å². The van der Waals surface area contributed by atoms with Gasteiger partial charge < -0.3 is 16.0 Å². The lowest BCUT2D eigenvalue weighted by Gasteiger charge is -2.14. The molecular weight excluding hydrogens is 202 g/mol. The van der Waals surface area contributed by atoms with E-state index in [1.165, 1.54) is 19.5 Å². The lowest BCUT2D eigenvalue weighted by Crippen LogP contribution is -2.37. The van der Waals surface area contributed by atoms with Gasteiger partial charge in [0.2, 0.25) is 5.91 Å². The van der Waals surface area contributed by atoms with Gasteiger partial charge in [0.15, 0.2) is 0 Å². The van der Waals surface area contributed by atoms with Gasteiger partial charge in [-0.25, -0.2) is 0 Å². The minimum absolute atomic E-state index is 0.182. The SMILES string of the molecule is CN1CCC(CCNC(=O)C2(CN)CC2)C1. The Balaban J connectivity index is 1.63. The van der Waals surface area contributed by atoms with Crippen molar-refractivity contribution in [2.75, 3.05) is 33.2 Å². The number of rotatable bonds is 5. The van der Waals surface area contributed by atoms with Gasteiger partial charge in [0.1, 0.15) is 0 Å². The van der Waals surface area contributed by atoms with Gasteiger partial charge in [-0.2, -0.15) is 0 Å². The van der Waals surface area contributed by atoms with Crippen molar-refractivity contribution in [2.24, 2.45) is 17.1 Å². The number of nitrogens with two attached hydrogens (primary N) is 1. The van der Waals surface area contributed by atoms with Crippen molar-refractivity contribution >= 4 is 5.91 Å². The van der Waals surface area contributed by atoms with Crippen LogP contribution in [0.25, 0.3) is 0 Å². The van der Waals surface area contributed by atoms with Crippen molar-refractivity contribution in [2.45, 2.75) is 25.7 Å². The number of likely N-dealkylation sites (tertiary alicyclic amines) is 1. The summed E-state index contributed by atoms with van der Waals surface area (Å²) >= 11 is 0. The molecule has 0 spiro atoms. The van der Waals surface area contributed by atoms with Crippen LogP contribution < -0.4 is 11.1 Å². The van der Waals surface area contributed by atoms with E-state index in [-0.39, 0.29) is 11.3 Å². The molecule has 16 heavy (non-hydrogen) atoms. The number of nitrogens with one attached hydrogen (secondary N) is 1. The Labute approximate surface area is 97.6 Å². The van der Waals surface area contributed by atoms with Crippen LogP contribution in [-0.4, -0.2) is 44.0 Å². The second kappa shape index (κ2) is 4.72. The van der Waals surface area contributed by atoms with Gasteiger partial charge in [0, 0.05) is 19.6 Å². The molecule has 1 unspecified atom stereocenters. The molecule has 4 heteroatoms. The van der Waals surface area contributed by atoms with E-state index in [1.54, 1.807) is 0 Å². The Bertz CT molecular complexity index is 263. The maximum Gasteiger partial charge on any atom is 0.227 e. The fourth-order valence-electron chi connectivity index (χ4n) is 2.51. The summed E-state index contributed by atoms with van der Waals surface area (Å²) in [5.74, 6) is 0.944. The van der Waals surface area contributed by atoms with Crippen LogP contribution in [0.15, 0.2) is 0 Å². The molecule has 1 heterocycles. The van der Waals surface area contributed by atoms with Gasteiger partial charge in [-0.3, -0.25) is 4.79 Å². The van der Waals surface area contributed by atoms with Gasteiger partial charge in [0.25, 0.3) is 0 Å². The molecule has 1 aliphatic heterocycles. The van der Waals surface area contributed by atoms with Gasteiger partial charge in [-0.15, -0.1) is 0 Å². The van der Waals surface area contributed by atoms with E-state index in [0.29, 0.717) is 6.54 Å². The number of nitrogens with zero attached hydrogens (tertiary/aromatic N) is 1. The third-order valence-corrected chi connectivity index (χ3v) is 4.05. The maximum absolute atomic E-state index is 11.8. The van der Waals surface area contributed by atoms with E-state index in [4.69, 9.17) is 5.73 Å². The Kier molecular flexibility index (Phi) is 3.50. The molecule has 0 aromatic rings. The molecule has 1 saturated carbocycles. The van der Waals surface area contributed by atoms with Crippen LogP contribution in [0.2, 0.25) is 0 Å². The quantitative estimate of drug-likeness (QED) is 0.702. The number of hydrogen-bond donors (Lipinski definition) is 2. The molecule has 1 aliphatic carbocycles. The summed E-state index contributed by atoms with van der Waals surface area (Å²) in [7, 11) is 2.16. The van der Waals surface area contributed by atoms with Crippen LogP contribution in [0.1, 0.15) is 25.7 Å². The van der Waals surface area contributed by atoms with E-state index in [1.807, 2.05) is 0 Å². The molecule has 0 aromatic heterocycles. The summed E-state index contributed by atoms with van der Waals surface area (Å²) in [4.78, 5) is 14.2. The van der Waals surface area contributed by atoms with Gasteiger partial charge in [-0.05, 0) is 45.2 Å². The topological polar surface area (TPSA) is 58.4 Å². The Hall–Kier alpha value is -0.610. The van der Waals surface area contributed by atoms with Gasteiger partial charge in [-0.1, -0.05) is 0 Å². The highest BCUT2D eigenvalue weighted by molar-refractivity contribution is 5.85. The summed E-state index contributed by atoms with van der Waals surface area (Å²) in [5.41, 5.74) is 5.43. The third kappa shape index (κ3) is 2.55. The van der Waals surface area contributed by atoms with Crippen LogP contribution in [0.3, 0.4) is 0 Å². The standard InChI is InChI=1S/C12H23N3O/c1-15-7-3-10(8-15)2-6-14-11(16)12(9-13)4-5-12/h10H,2-9,13H2,1H3,(H,14,16). The fraction of sp³-hybridized carbons (Fsp3) is 0.917. The van der Waals surface area contributed by atoms with E-state index in [0.717, 1.165) is 31.7 Å². The predicted molar refractivity (Wildman–Crippen MR) is 64.0 cm³/mol. The zero-order chi connectivity index (χ0) is 11.6. The molecule has 92 valence electrons. The second-order valence-corrected chi connectivity index (χ2v) is 5.45. The van der Waals surface area contributed by atoms with Crippen LogP contribution in [0.4, 0.5) is 0 Å². The van der Waals surface area contributed by atoms with Gasteiger partial charge in [0.05, 0.1) is 5.41 Å². The minimum Gasteiger partial charge on any atom is -0.356 e. The molecule has 2 rings (SSSR count). The molecule has 0 aromatic carbocycles. The summed E-state index contributed by atoms with van der Waals surface area (Å²) < 4.78 is 0. The summed E-state index contributed by atoms with van der Waals surface area (Å²) in [5, 5.41) is 3.04. The number of carbonyl (C=O) groups excluding carboxylic acids is 1. The molecular formula is C12H23N3O. The zero-order valence-corrected chi connectivity index (χ0v) is 10.2. The van der Waals surface area contributed by atoms with E-state index < -0.39 is 0 Å². The third-order valence-electron chi connectivity index (χ3n) is 4.05. The summed E-state index contributed by atoms with van der Waals surface area (Å²) in [6.07, 6.45) is 4.33. The molecule has 2 fully saturated rings. The number of amides is 1. The Morgan fingerprint density at radius 1 is 1.56 bits per heavy atom. The van der Waals surface area contributed by atoms with Gasteiger partial charge >= 0.3 is 0 Å².